The van der Waals surface area contributed by atoms with Crippen LogP contribution < -0.4 is 0 Å². The second kappa shape index (κ2) is 3.84. The predicted octanol–water partition coefficient (Wildman–Crippen LogP) is 4.08. The molecule has 2 aromatic carbocycles. The molecule has 1 aromatic heterocycles. The highest BCUT2D eigenvalue weighted by molar-refractivity contribution is 5.83. The van der Waals surface area contributed by atoms with Gasteiger partial charge >= 0.3 is 0 Å². The molecule has 1 N–H and O–H groups in total. The minimum atomic E-state index is -0.727. The van der Waals surface area contributed by atoms with E-state index in [9.17, 15) is 13.9 Å². The highest BCUT2D eigenvalue weighted by atomic mass is 19.1. The lowest BCUT2D eigenvalue weighted by atomic mass is 10.1. The van der Waals surface area contributed by atoms with E-state index >= 15 is 0 Å². The van der Waals surface area contributed by atoms with Crippen molar-refractivity contribution in [3.8, 4) is 17.1 Å². The van der Waals surface area contributed by atoms with Crippen molar-refractivity contribution in [2.24, 2.45) is 0 Å². The molecule has 2 nitrogen and oxygen atoms in total. The highest BCUT2D eigenvalue weighted by Crippen LogP contribution is 2.30. The fourth-order valence-electron chi connectivity index (χ4n) is 1.84. The fraction of sp³-hybridized carbons (Fsp3) is 0. The number of halogens is 2. The van der Waals surface area contributed by atoms with Crippen LogP contribution in [0.4, 0.5) is 8.78 Å². The van der Waals surface area contributed by atoms with Gasteiger partial charge in [0.2, 0.25) is 0 Å². The summed E-state index contributed by atoms with van der Waals surface area (Å²) >= 11 is 0. The van der Waals surface area contributed by atoms with Crippen molar-refractivity contribution in [3.05, 3.63) is 54.1 Å². The van der Waals surface area contributed by atoms with E-state index in [2.05, 4.69) is 0 Å². The zero-order chi connectivity index (χ0) is 12.7. The predicted molar refractivity (Wildman–Crippen MR) is 63.2 cm³/mol. The Morgan fingerprint density at radius 3 is 2.39 bits per heavy atom. The largest absolute Gasteiger partial charge is 0.508 e. The zero-order valence-electron chi connectivity index (χ0n) is 9.15. The van der Waals surface area contributed by atoms with Crippen molar-refractivity contribution in [2.75, 3.05) is 0 Å². The van der Waals surface area contributed by atoms with Gasteiger partial charge < -0.3 is 9.52 Å². The van der Waals surface area contributed by atoms with E-state index in [0.717, 1.165) is 6.07 Å². The van der Waals surface area contributed by atoms with E-state index in [0.29, 0.717) is 16.7 Å². The van der Waals surface area contributed by atoms with Crippen LogP contribution in [0.1, 0.15) is 0 Å². The first kappa shape index (κ1) is 10.8. The summed E-state index contributed by atoms with van der Waals surface area (Å²) in [5.74, 6) is -0.810. The minimum Gasteiger partial charge on any atom is -0.508 e. The molecule has 0 aliphatic carbocycles. The summed E-state index contributed by atoms with van der Waals surface area (Å²) in [4.78, 5) is 0. The smallest absolute Gasteiger partial charge is 0.170 e. The molecule has 0 bridgehead atoms. The third-order valence-electron chi connectivity index (χ3n) is 2.69. The van der Waals surface area contributed by atoms with Crippen molar-refractivity contribution in [1.29, 1.82) is 0 Å². The number of hydrogen-bond acceptors (Lipinski definition) is 2. The van der Waals surface area contributed by atoms with Crippen molar-refractivity contribution in [3.63, 3.8) is 0 Å². The average molecular weight is 246 g/mol. The van der Waals surface area contributed by atoms with Gasteiger partial charge in [0.05, 0.1) is 0 Å². The second-order valence-electron chi connectivity index (χ2n) is 3.96. The highest BCUT2D eigenvalue weighted by Gasteiger charge is 2.11. The summed E-state index contributed by atoms with van der Waals surface area (Å²) in [7, 11) is 0. The van der Waals surface area contributed by atoms with Crippen molar-refractivity contribution < 1.29 is 18.3 Å². The average Bonchev–Trinajstić information content (AvgIpc) is 2.74. The van der Waals surface area contributed by atoms with E-state index < -0.39 is 11.6 Å². The Morgan fingerprint density at radius 2 is 1.67 bits per heavy atom. The number of phenols is 1. The van der Waals surface area contributed by atoms with Crippen LogP contribution >= 0.6 is 0 Å². The SMILES string of the molecule is Oc1ccc(-c2cc3cc(F)cc(F)c3o2)cc1. The number of furan rings is 1. The fourth-order valence-corrected chi connectivity index (χ4v) is 1.84. The van der Waals surface area contributed by atoms with Crippen molar-refractivity contribution in [2.45, 2.75) is 0 Å². The first-order valence-electron chi connectivity index (χ1n) is 5.31. The van der Waals surface area contributed by atoms with Gasteiger partial charge in [-0.05, 0) is 36.4 Å². The Labute approximate surface area is 101 Å². The standard InChI is InChI=1S/C14H8F2O2/c15-10-5-9-6-13(18-14(9)12(16)7-10)8-1-3-11(17)4-2-8/h1-7,17H. The molecular weight excluding hydrogens is 238 g/mol. The molecule has 90 valence electrons. The number of fused-ring (bicyclic) bond motifs is 1. The summed E-state index contributed by atoms with van der Waals surface area (Å²) < 4.78 is 31.9. The molecule has 0 radical (unpaired) electrons. The molecular formula is C14H8F2O2. The Kier molecular flexibility index (Phi) is 2.30. The van der Waals surface area contributed by atoms with Crippen molar-refractivity contribution >= 4 is 11.0 Å². The summed E-state index contributed by atoms with van der Waals surface area (Å²) in [6.07, 6.45) is 0. The molecule has 0 saturated carbocycles. The van der Waals surface area contributed by atoms with Crippen LogP contribution in [-0.4, -0.2) is 5.11 Å². The molecule has 0 aliphatic heterocycles. The van der Waals surface area contributed by atoms with Gasteiger partial charge in [0.25, 0.3) is 0 Å². The van der Waals surface area contributed by atoms with Gasteiger partial charge in [-0.15, -0.1) is 0 Å². The molecule has 0 atom stereocenters. The van der Waals surface area contributed by atoms with Crippen LogP contribution in [0.3, 0.4) is 0 Å². The molecule has 0 unspecified atom stereocenters. The number of aromatic hydroxyl groups is 1. The maximum absolute atomic E-state index is 13.5. The van der Waals surface area contributed by atoms with Gasteiger partial charge in [-0.3, -0.25) is 0 Å². The van der Waals surface area contributed by atoms with Crippen LogP contribution in [0.15, 0.2) is 46.9 Å². The molecule has 0 aliphatic rings. The van der Waals surface area contributed by atoms with Gasteiger partial charge in [-0.1, -0.05) is 0 Å². The topological polar surface area (TPSA) is 33.4 Å². The number of rotatable bonds is 1. The molecule has 0 spiro atoms. The van der Waals surface area contributed by atoms with Crippen molar-refractivity contribution in [1.82, 2.24) is 0 Å². The summed E-state index contributed by atoms with van der Waals surface area (Å²) in [6.45, 7) is 0. The van der Waals surface area contributed by atoms with Gasteiger partial charge in [0.1, 0.15) is 17.3 Å². The number of hydrogen-bond donors (Lipinski definition) is 1. The summed E-state index contributed by atoms with van der Waals surface area (Å²) in [5.41, 5.74) is 0.711. The molecule has 18 heavy (non-hydrogen) atoms. The summed E-state index contributed by atoms with van der Waals surface area (Å²) in [5, 5.41) is 9.55. The first-order valence-corrected chi connectivity index (χ1v) is 5.31. The molecule has 4 heteroatoms. The minimum absolute atomic E-state index is 0.0273. The molecule has 1 heterocycles. The van der Waals surface area contributed by atoms with Gasteiger partial charge in [-0.25, -0.2) is 8.78 Å². The maximum atomic E-state index is 13.5. The number of phenolic OH excluding ortho intramolecular Hbond substituents is 1. The molecule has 3 rings (SSSR count). The first-order chi connectivity index (χ1) is 8.63. The van der Waals surface area contributed by atoms with E-state index in [-0.39, 0.29) is 11.3 Å². The normalized spacial score (nSPS) is 11.0. The Hall–Kier alpha value is -2.36. The van der Waals surface area contributed by atoms with Crippen LogP contribution in [0, 0.1) is 11.6 Å². The van der Waals surface area contributed by atoms with Gasteiger partial charge in [-0.2, -0.15) is 0 Å². The number of benzene rings is 2. The van der Waals surface area contributed by atoms with Gasteiger partial charge in [0, 0.05) is 17.0 Å². The lowest BCUT2D eigenvalue weighted by Gasteiger charge is -1.96. The van der Waals surface area contributed by atoms with E-state index in [1.165, 1.54) is 18.2 Å². The van der Waals surface area contributed by atoms with Crippen LogP contribution in [-0.2, 0) is 0 Å². The monoisotopic (exact) mass is 246 g/mol. The Morgan fingerprint density at radius 1 is 0.944 bits per heavy atom. The quantitative estimate of drug-likeness (QED) is 0.701. The zero-order valence-corrected chi connectivity index (χ0v) is 9.15. The van der Waals surface area contributed by atoms with E-state index in [1.54, 1.807) is 18.2 Å². The van der Waals surface area contributed by atoms with Crippen LogP contribution in [0.2, 0.25) is 0 Å². The van der Waals surface area contributed by atoms with Crippen LogP contribution in [0.25, 0.3) is 22.3 Å². The lowest BCUT2D eigenvalue weighted by Crippen LogP contribution is -1.78. The maximum Gasteiger partial charge on any atom is 0.170 e. The molecule has 0 amide bonds. The summed E-state index contributed by atoms with van der Waals surface area (Å²) in [6, 6.07) is 9.84. The molecule has 3 aromatic rings. The lowest BCUT2D eigenvalue weighted by molar-refractivity contribution is 0.475. The Bertz CT molecular complexity index is 714. The third-order valence-corrected chi connectivity index (χ3v) is 2.69. The van der Waals surface area contributed by atoms with E-state index in [4.69, 9.17) is 4.42 Å². The second-order valence-corrected chi connectivity index (χ2v) is 3.96. The molecule has 0 fully saturated rings. The van der Waals surface area contributed by atoms with Crippen LogP contribution in [0.5, 0.6) is 5.75 Å². The van der Waals surface area contributed by atoms with E-state index in [1.807, 2.05) is 0 Å². The third kappa shape index (κ3) is 1.72. The Balaban J connectivity index is 2.19. The molecule has 0 saturated heterocycles. The van der Waals surface area contributed by atoms with Gasteiger partial charge in [0.15, 0.2) is 11.4 Å².